The second kappa shape index (κ2) is 3.79. The van der Waals surface area contributed by atoms with Crippen molar-refractivity contribution in [1.29, 1.82) is 0 Å². The van der Waals surface area contributed by atoms with Gasteiger partial charge in [-0.1, -0.05) is 0 Å². The standard InChI is InChI=1S/C9H11NO2S/c1-9(2,8(11)12)13-7-4-3-5-10-6-7/h3-6H,1-2H3,(H,11,12). The molecule has 1 aromatic heterocycles. The Labute approximate surface area is 81.2 Å². The molecule has 4 heteroatoms. The Hall–Kier alpha value is -1.03. The van der Waals surface area contributed by atoms with E-state index in [0.29, 0.717) is 0 Å². The van der Waals surface area contributed by atoms with Crippen molar-refractivity contribution in [3.05, 3.63) is 24.5 Å². The van der Waals surface area contributed by atoms with Crippen LogP contribution in [0.2, 0.25) is 0 Å². The van der Waals surface area contributed by atoms with Gasteiger partial charge in [-0.2, -0.15) is 0 Å². The molecule has 1 N–H and O–H groups in total. The minimum absolute atomic E-state index is 0.803. The molecule has 3 nitrogen and oxygen atoms in total. The van der Waals surface area contributed by atoms with Gasteiger partial charge in [0.1, 0.15) is 4.75 Å². The molecule has 1 aromatic rings. The van der Waals surface area contributed by atoms with Crippen molar-refractivity contribution in [1.82, 2.24) is 4.98 Å². The van der Waals surface area contributed by atoms with Crippen LogP contribution in [0.1, 0.15) is 13.8 Å². The van der Waals surface area contributed by atoms with Crippen molar-refractivity contribution in [2.75, 3.05) is 0 Å². The summed E-state index contributed by atoms with van der Waals surface area (Å²) in [6.07, 6.45) is 3.33. The lowest BCUT2D eigenvalue weighted by molar-refractivity contribution is -0.138. The first-order chi connectivity index (χ1) is 6.02. The van der Waals surface area contributed by atoms with E-state index in [9.17, 15) is 4.79 Å². The lowest BCUT2D eigenvalue weighted by Gasteiger charge is -2.17. The van der Waals surface area contributed by atoms with Crippen molar-refractivity contribution < 1.29 is 9.90 Å². The number of aliphatic carboxylic acids is 1. The maximum Gasteiger partial charge on any atom is 0.319 e. The van der Waals surface area contributed by atoms with Gasteiger partial charge in [-0.05, 0) is 26.0 Å². The Bertz CT molecular complexity index is 298. The number of carbonyl (C=O) groups is 1. The molecule has 1 heterocycles. The summed E-state index contributed by atoms with van der Waals surface area (Å²) in [7, 11) is 0. The van der Waals surface area contributed by atoms with Gasteiger partial charge in [0.25, 0.3) is 0 Å². The summed E-state index contributed by atoms with van der Waals surface area (Å²) in [5.74, 6) is -0.818. The normalized spacial score (nSPS) is 11.2. The summed E-state index contributed by atoms with van der Waals surface area (Å²) in [5.41, 5.74) is 0. The summed E-state index contributed by atoms with van der Waals surface area (Å²) in [4.78, 5) is 15.6. The van der Waals surface area contributed by atoms with Crippen LogP contribution >= 0.6 is 11.8 Å². The molecule has 0 aliphatic rings. The van der Waals surface area contributed by atoms with E-state index >= 15 is 0 Å². The topological polar surface area (TPSA) is 50.2 Å². The summed E-state index contributed by atoms with van der Waals surface area (Å²) >= 11 is 1.29. The monoisotopic (exact) mass is 197 g/mol. The van der Waals surface area contributed by atoms with Gasteiger partial charge in [0, 0.05) is 17.3 Å². The van der Waals surface area contributed by atoms with Crippen molar-refractivity contribution in [2.45, 2.75) is 23.5 Å². The molecule has 0 fully saturated rings. The number of hydrogen-bond donors (Lipinski definition) is 1. The Morgan fingerprint density at radius 1 is 1.62 bits per heavy atom. The predicted octanol–water partition coefficient (Wildman–Crippen LogP) is 2.04. The molecular formula is C9H11NO2S. The number of carboxylic acids is 1. The first kappa shape index (κ1) is 10.1. The van der Waals surface area contributed by atoms with Gasteiger partial charge in [-0.25, -0.2) is 0 Å². The van der Waals surface area contributed by atoms with E-state index in [1.807, 2.05) is 6.07 Å². The maximum atomic E-state index is 10.8. The van der Waals surface area contributed by atoms with E-state index in [1.54, 1.807) is 32.3 Å². The molecule has 1 rings (SSSR count). The summed E-state index contributed by atoms with van der Waals surface area (Å²) in [5, 5.41) is 8.86. The minimum Gasteiger partial charge on any atom is -0.480 e. The zero-order valence-corrected chi connectivity index (χ0v) is 8.34. The molecule has 0 aliphatic carbocycles. The van der Waals surface area contributed by atoms with Crippen molar-refractivity contribution in [3.63, 3.8) is 0 Å². The molecule has 0 atom stereocenters. The molecule has 0 aromatic carbocycles. The molecule has 13 heavy (non-hydrogen) atoms. The molecule has 0 amide bonds. The zero-order chi connectivity index (χ0) is 9.90. The van der Waals surface area contributed by atoms with Crippen molar-refractivity contribution in [3.8, 4) is 0 Å². The fourth-order valence-corrected chi connectivity index (χ4v) is 1.68. The summed E-state index contributed by atoms with van der Waals surface area (Å²) < 4.78 is -0.803. The Kier molecular flexibility index (Phi) is 2.93. The molecule has 0 spiro atoms. The Balaban J connectivity index is 2.75. The Morgan fingerprint density at radius 3 is 2.77 bits per heavy atom. The third kappa shape index (κ3) is 2.73. The SMILES string of the molecule is CC(C)(Sc1cccnc1)C(=O)O. The minimum atomic E-state index is -0.818. The van der Waals surface area contributed by atoms with E-state index in [2.05, 4.69) is 4.98 Å². The van der Waals surface area contributed by atoms with Crippen LogP contribution in [0.5, 0.6) is 0 Å². The average Bonchev–Trinajstić information content (AvgIpc) is 2.05. The van der Waals surface area contributed by atoms with Crippen molar-refractivity contribution in [2.24, 2.45) is 0 Å². The van der Waals surface area contributed by atoms with Gasteiger partial charge in [-0.15, -0.1) is 11.8 Å². The predicted molar refractivity (Wildman–Crippen MR) is 51.8 cm³/mol. The van der Waals surface area contributed by atoms with E-state index in [1.165, 1.54) is 11.8 Å². The molecule has 0 radical (unpaired) electrons. The van der Waals surface area contributed by atoms with Crippen LogP contribution in [-0.4, -0.2) is 20.8 Å². The number of aromatic nitrogens is 1. The van der Waals surface area contributed by atoms with Gasteiger partial charge in [0.15, 0.2) is 0 Å². The first-order valence-corrected chi connectivity index (χ1v) is 4.66. The smallest absolute Gasteiger partial charge is 0.319 e. The molecule has 0 saturated heterocycles. The van der Waals surface area contributed by atoms with Crippen LogP contribution in [0.25, 0.3) is 0 Å². The van der Waals surface area contributed by atoms with E-state index in [-0.39, 0.29) is 0 Å². The van der Waals surface area contributed by atoms with Crippen LogP contribution < -0.4 is 0 Å². The second-order valence-corrected chi connectivity index (χ2v) is 4.80. The van der Waals surface area contributed by atoms with Crippen molar-refractivity contribution >= 4 is 17.7 Å². The van der Waals surface area contributed by atoms with E-state index in [4.69, 9.17) is 5.11 Å². The highest BCUT2D eigenvalue weighted by molar-refractivity contribution is 8.01. The van der Waals surface area contributed by atoms with Crippen LogP contribution in [0.15, 0.2) is 29.4 Å². The Morgan fingerprint density at radius 2 is 2.31 bits per heavy atom. The first-order valence-electron chi connectivity index (χ1n) is 3.85. The summed E-state index contributed by atoms with van der Waals surface area (Å²) in [6.45, 7) is 3.35. The van der Waals surface area contributed by atoms with Crippen LogP contribution in [0, 0.1) is 0 Å². The molecule has 70 valence electrons. The lowest BCUT2D eigenvalue weighted by atomic mass is 10.2. The number of pyridine rings is 1. The van der Waals surface area contributed by atoms with E-state index in [0.717, 1.165) is 4.90 Å². The third-order valence-electron chi connectivity index (χ3n) is 1.52. The summed E-state index contributed by atoms with van der Waals surface area (Å²) in [6, 6.07) is 3.64. The number of rotatable bonds is 3. The van der Waals surface area contributed by atoms with E-state index < -0.39 is 10.7 Å². The highest BCUT2D eigenvalue weighted by atomic mass is 32.2. The van der Waals surface area contributed by atoms with Crippen LogP contribution in [0.3, 0.4) is 0 Å². The van der Waals surface area contributed by atoms with Crippen LogP contribution in [-0.2, 0) is 4.79 Å². The molecule has 0 bridgehead atoms. The fraction of sp³-hybridized carbons (Fsp3) is 0.333. The average molecular weight is 197 g/mol. The van der Waals surface area contributed by atoms with Crippen LogP contribution in [0.4, 0.5) is 0 Å². The van der Waals surface area contributed by atoms with Gasteiger partial charge in [0.2, 0.25) is 0 Å². The molecule has 0 aliphatic heterocycles. The number of carboxylic acid groups (broad SMARTS) is 1. The highest BCUT2D eigenvalue weighted by Gasteiger charge is 2.28. The highest BCUT2D eigenvalue weighted by Crippen LogP contribution is 2.31. The molecule has 0 unspecified atom stereocenters. The van der Waals surface area contributed by atoms with Gasteiger partial charge >= 0.3 is 5.97 Å². The zero-order valence-electron chi connectivity index (χ0n) is 7.52. The molecule has 0 saturated carbocycles. The van der Waals surface area contributed by atoms with Gasteiger partial charge in [-0.3, -0.25) is 9.78 Å². The van der Waals surface area contributed by atoms with Gasteiger partial charge in [0.05, 0.1) is 0 Å². The van der Waals surface area contributed by atoms with Gasteiger partial charge < -0.3 is 5.11 Å². The third-order valence-corrected chi connectivity index (χ3v) is 2.68. The quantitative estimate of drug-likeness (QED) is 0.753. The fourth-order valence-electron chi connectivity index (χ4n) is 0.746. The maximum absolute atomic E-state index is 10.8. The molecular weight excluding hydrogens is 186 g/mol. The second-order valence-electron chi connectivity index (χ2n) is 3.11. The number of hydrogen-bond acceptors (Lipinski definition) is 3. The largest absolute Gasteiger partial charge is 0.480 e. The number of thioether (sulfide) groups is 1. The number of nitrogens with zero attached hydrogens (tertiary/aromatic N) is 1. The lowest BCUT2D eigenvalue weighted by Crippen LogP contribution is -2.26.